The van der Waals surface area contributed by atoms with E-state index in [1.807, 2.05) is 55.5 Å². The number of anilines is 1. The van der Waals surface area contributed by atoms with Crippen LogP contribution in [-0.2, 0) is 0 Å². The Bertz CT molecular complexity index is 1400. The maximum atomic E-state index is 6.63. The van der Waals surface area contributed by atoms with Gasteiger partial charge in [0.15, 0.2) is 0 Å². The van der Waals surface area contributed by atoms with Crippen LogP contribution in [0, 0.1) is 6.92 Å². The second-order valence-corrected chi connectivity index (χ2v) is 10.6. The van der Waals surface area contributed by atoms with Crippen LogP contribution >= 0.6 is 34.8 Å². The first kappa shape index (κ1) is 23.9. The summed E-state index contributed by atoms with van der Waals surface area (Å²) in [5.74, 6) is 1.42. The van der Waals surface area contributed by atoms with Crippen molar-refractivity contribution >= 4 is 40.6 Å². The molecule has 7 heteroatoms. The lowest BCUT2D eigenvalue weighted by atomic mass is 9.88. The molecule has 1 atom stereocenters. The molecule has 0 unspecified atom stereocenters. The molecule has 0 bridgehead atoms. The first-order chi connectivity index (χ1) is 16.7. The highest BCUT2D eigenvalue weighted by molar-refractivity contribution is 6.36. The number of ether oxygens (including phenoxy) is 1. The Morgan fingerprint density at radius 1 is 0.943 bits per heavy atom. The third-order valence-electron chi connectivity index (χ3n) is 6.12. The number of hydrogen-bond donors (Lipinski definition) is 1. The van der Waals surface area contributed by atoms with Crippen LogP contribution in [-0.4, -0.2) is 15.6 Å². The molecule has 0 saturated carbocycles. The second-order valence-electron chi connectivity index (χ2n) is 9.34. The summed E-state index contributed by atoms with van der Waals surface area (Å²) in [5.41, 5.74) is 5.02. The molecule has 0 aliphatic carbocycles. The zero-order valence-electron chi connectivity index (χ0n) is 19.6. The Kier molecular flexibility index (Phi) is 6.39. The number of nitrogens with one attached hydrogen (secondary N) is 1. The average molecular weight is 525 g/mol. The van der Waals surface area contributed by atoms with Gasteiger partial charge in [-0.25, -0.2) is 9.97 Å². The van der Waals surface area contributed by atoms with Crippen molar-refractivity contribution in [1.82, 2.24) is 9.97 Å². The van der Waals surface area contributed by atoms with Crippen molar-refractivity contribution in [1.29, 1.82) is 0 Å². The molecule has 178 valence electrons. The predicted octanol–water partition coefficient (Wildman–Crippen LogP) is 8.79. The molecule has 1 aliphatic rings. The van der Waals surface area contributed by atoms with E-state index in [4.69, 9.17) is 44.5 Å². The van der Waals surface area contributed by atoms with E-state index in [0.29, 0.717) is 20.9 Å². The number of nitrogens with zero attached hydrogens (tertiary/aromatic N) is 2. The van der Waals surface area contributed by atoms with Crippen LogP contribution in [0.1, 0.15) is 37.4 Å². The topological polar surface area (TPSA) is 47.0 Å². The van der Waals surface area contributed by atoms with Crippen molar-refractivity contribution in [2.24, 2.45) is 0 Å². The Labute approximate surface area is 220 Å². The van der Waals surface area contributed by atoms with Crippen molar-refractivity contribution in [3.8, 4) is 28.3 Å². The van der Waals surface area contributed by atoms with E-state index in [1.54, 1.807) is 12.3 Å². The lowest BCUT2D eigenvalue weighted by Gasteiger charge is -2.38. The Balaban J connectivity index is 1.71. The third kappa shape index (κ3) is 4.97. The Morgan fingerprint density at radius 3 is 2.40 bits per heavy atom. The Morgan fingerprint density at radius 2 is 1.69 bits per heavy atom. The zero-order valence-corrected chi connectivity index (χ0v) is 21.8. The maximum absolute atomic E-state index is 6.63. The van der Waals surface area contributed by atoms with Gasteiger partial charge in [0, 0.05) is 39.4 Å². The van der Waals surface area contributed by atoms with Gasteiger partial charge in [-0.1, -0.05) is 53.0 Å². The van der Waals surface area contributed by atoms with E-state index in [9.17, 15) is 0 Å². The summed E-state index contributed by atoms with van der Waals surface area (Å²) < 4.78 is 6.39. The minimum Gasteiger partial charge on any atom is -0.471 e. The number of benzene rings is 2. The van der Waals surface area contributed by atoms with Crippen LogP contribution in [0.4, 0.5) is 5.82 Å². The third-order valence-corrected chi connectivity index (χ3v) is 6.92. The molecule has 5 rings (SSSR count). The fourth-order valence-electron chi connectivity index (χ4n) is 4.42. The van der Waals surface area contributed by atoms with Crippen molar-refractivity contribution in [2.75, 3.05) is 5.32 Å². The largest absolute Gasteiger partial charge is 0.471 e. The number of pyridine rings is 2. The van der Waals surface area contributed by atoms with Crippen molar-refractivity contribution in [3.63, 3.8) is 0 Å². The summed E-state index contributed by atoms with van der Waals surface area (Å²) >= 11 is 19.0. The Hall–Kier alpha value is -2.79. The fourth-order valence-corrected chi connectivity index (χ4v) is 5.04. The van der Waals surface area contributed by atoms with Gasteiger partial charge in [0.1, 0.15) is 11.4 Å². The zero-order chi connectivity index (χ0) is 24.7. The molecule has 0 saturated heterocycles. The van der Waals surface area contributed by atoms with Crippen molar-refractivity contribution < 1.29 is 4.74 Å². The SMILES string of the molecule is Cc1cccnc1N[C@@H]1CC(C)(C)Oc2nc(-c3ccc(Cl)cc3Cl)c(-c3ccc(Cl)cc3)cc21. The molecule has 0 spiro atoms. The van der Waals surface area contributed by atoms with Gasteiger partial charge < -0.3 is 10.1 Å². The lowest BCUT2D eigenvalue weighted by molar-refractivity contribution is 0.0698. The van der Waals surface area contributed by atoms with Gasteiger partial charge in [-0.15, -0.1) is 0 Å². The number of hydrogen-bond acceptors (Lipinski definition) is 4. The highest BCUT2D eigenvalue weighted by atomic mass is 35.5. The van der Waals surface area contributed by atoms with Crippen LogP contribution in [0.25, 0.3) is 22.4 Å². The summed E-state index contributed by atoms with van der Waals surface area (Å²) in [6.07, 6.45) is 2.54. The molecule has 3 heterocycles. The number of aromatic nitrogens is 2. The van der Waals surface area contributed by atoms with Gasteiger partial charge in [0.25, 0.3) is 0 Å². The van der Waals surface area contributed by atoms with Crippen LogP contribution in [0.15, 0.2) is 66.9 Å². The molecule has 0 amide bonds. The van der Waals surface area contributed by atoms with Gasteiger partial charge in [0.2, 0.25) is 5.88 Å². The summed E-state index contributed by atoms with van der Waals surface area (Å²) in [7, 11) is 0. The molecule has 4 nitrogen and oxygen atoms in total. The van der Waals surface area contributed by atoms with E-state index in [1.165, 1.54) is 0 Å². The first-order valence-electron chi connectivity index (χ1n) is 11.3. The normalized spacial score (nSPS) is 16.3. The van der Waals surface area contributed by atoms with Gasteiger partial charge in [0.05, 0.1) is 16.8 Å². The molecule has 0 fully saturated rings. The van der Waals surface area contributed by atoms with Gasteiger partial charge in [-0.3, -0.25) is 0 Å². The molecule has 35 heavy (non-hydrogen) atoms. The molecule has 4 aromatic rings. The maximum Gasteiger partial charge on any atom is 0.219 e. The highest BCUT2D eigenvalue weighted by Gasteiger charge is 2.36. The quantitative estimate of drug-likeness (QED) is 0.290. The van der Waals surface area contributed by atoms with Crippen LogP contribution in [0.3, 0.4) is 0 Å². The van der Waals surface area contributed by atoms with E-state index >= 15 is 0 Å². The van der Waals surface area contributed by atoms with Crippen LogP contribution < -0.4 is 10.1 Å². The minimum atomic E-state index is -0.427. The van der Waals surface area contributed by atoms with Crippen molar-refractivity contribution in [3.05, 3.63) is 93.1 Å². The molecular formula is C28H24Cl3N3O. The van der Waals surface area contributed by atoms with Crippen LogP contribution in [0.2, 0.25) is 15.1 Å². The highest BCUT2D eigenvalue weighted by Crippen LogP contribution is 2.45. The average Bonchev–Trinajstić information content (AvgIpc) is 2.80. The molecule has 1 N–H and O–H groups in total. The number of rotatable bonds is 4. The molecule has 2 aromatic carbocycles. The van der Waals surface area contributed by atoms with E-state index < -0.39 is 5.60 Å². The van der Waals surface area contributed by atoms with E-state index in [2.05, 4.69) is 30.2 Å². The van der Waals surface area contributed by atoms with Crippen LogP contribution in [0.5, 0.6) is 5.88 Å². The molecule has 2 aromatic heterocycles. The van der Waals surface area contributed by atoms with E-state index in [0.717, 1.165) is 45.7 Å². The van der Waals surface area contributed by atoms with Gasteiger partial charge in [-0.2, -0.15) is 0 Å². The summed E-state index contributed by atoms with van der Waals surface area (Å²) in [6.45, 7) is 6.18. The molecule has 0 radical (unpaired) electrons. The molecular weight excluding hydrogens is 501 g/mol. The standard InChI is InChI=1S/C28H24Cl3N3O/c1-16-5-4-12-32-26(16)33-24-15-28(2,3)35-27-22(24)14-21(17-6-8-18(29)9-7-17)25(34-27)20-11-10-19(30)13-23(20)31/h4-14,24H,15H2,1-3H3,(H,32,33)/t24-/m1/s1. The lowest BCUT2D eigenvalue weighted by Crippen LogP contribution is -2.37. The number of fused-ring (bicyclic) bond motifs is 1. The monoisotopic (exact) mass is 523 g/mol. The fraction of sp³-hybridized carbons (Fsp3) is 0.214. The number of aryl methyl sites for hydroxylation is 1. The predicted molar refractivity (Wildman–Crippen MR) is 145 cm³/mol. The van der Waals surface area contributed by atoms with Crippen molar-refractivity contribution in [2.45, 2.75) is 38.8 Å². The van der Waals surface area contributed by atoms with E-state index in [-0.39, 0.29) is 6.04 Å². The minimum absolute atomic E-state index is 0.0457. The summed E-state index contributed by atoms with van der Waals surface area (Å²) in [6, 6.07) is 19.2. The number of halogens is 3. The first-order valence-corrected chi connectivity index (χ1v) is 12.5. The van der Waals surface area contributed by atoms with Gasteiger partial charge in [-0.05, 0) is 74.4 Å². The molecule has 1 aliphatic heterocycles. The van der Waals surface area contributed by atoms with Gasteiger partial charge >= 0.3 is 0 Å². The second kappa shape index (κ2) is 9.34. The summed E-state index contributed by atoms with van der Waals surface area (Å²) in [4.78, 5) is 9.59. The smallest absolute Gasteiger partial charge is 0.219 e. The summed E-state index contributed by atoms with van der Waals surface area (Å²) in [5, 5.41) is 5.39.